The summed E-state index contributed by atoms with van der Waals surface area (Å²) in [4.78, 5) is 13.7. The van der Waals surface area contributed by atoms with Crippen LogP contribution < -0.4 is 0 Å². The molecule has 1 aromatic heterocycles. The third-order valence-corrected chi connectivity index (χ3v) is 0.951. The van der Waals surface area contributed by atoms with Crippen molar-refractivity contribution in [2.45, 2.75) is 0 Å². The van der Waals surface area contributed by atoms with Crippen molar-refractivity contribution in [3.05, 3.63) is 11.6 Å². The highest BCUT2D eigenvalue weighted by Crippen LogP contribution is 1.94. The standard InChI is InChI=1S/C4HClN4O/c5-3(10)4-7-2(1-6)8-9-4/h(H,7,8,9). The second kappa shape index (κ2) is 2.45. The number of aromatic nitrogens is 3. The molecule has 1 rings (SSSR count). The Morgan fingerprint density at radius 2 is 2.50 bits per heavy atom. The van der Waals surface area contributed by atoms with E-state index in [2.05, 4.69) is 15.2 Å². The molecule has 0 bridgehead atoms. The maximum Gasteiger partial charge on any atom is 0.289 e. The lowest BCUT2D eigenvalue weighted by molar-refractivity contribution is 0.107. The molecule has 0 aliphatic rings. The van der Waals surface area contributed by atoms with Crippen molar-refractivity contribution < 1.29 is 4.79 Å². The van der Waals surface area contributed by atoms with Crippen LogP contribution in [0.4, 0.5) is 0 Å². The van der Waals surface area contributed by atoms with Gasteiger partial charge in [-0.2, -0.15) is 10.2 Å². The normalized spacial score (nSPS) is 8.80. The first-order chi connectivity index (χ1) is 4.74. The molecule has 1 N–H and O–H groups in total. The van der Waals surface area contributed by atoms with E-state index in [0.717, 1.165) is 0 Å². The Morgan fingerprint density at radius 1 is 1.80 bits per heavy atom. The summed E-state index contributed by atoms with van der Waals surface area (Å²) in [6.45, 7) is 0. The lowest BCUT2D eigenvalue weighted by atomic mass is 10.7. The zero-order valence-corrected chi connectivity index (χ0v) is 5.38. The van der Waals surface area contributed by atoms with E-state index in [9.17, 15) is 4.79 Å². The van der Waals surface area contributed by atoms with Crippen LogP contribution in [0.2, 0.25) is 0 Å². The van der Waals surface area contributed by atoms with Crippen LogP contribution in [0.3, 0.4) is 0 Å². The Balaban J connectivity index is 3.02. The van der Waals surface area contributed by atoms with Crippen LogP contribution in [-0.2, 0) is 0 Å². The van der Waals surface area contributed by atoms with E-state index >= 15 is 0 Å². The predicted molar refractivity (Wildman–Crippen MR) is 31.3 cm³/mol. The molecule has 0 saturated carbocycles. The number of H-pyrrole nitrogens is 1. The summed E-state index contributed by atoms with van der Waals surface area (Å²) in [5, 5.41) is 13.0. The fourth-order valence-electron chi connectivity index (χ4n) is 0.400. The molecule has 50 valence electrons. The molecule has 0 aliphatic heterocycles. The lowest BCUT2D eigenvalue weighted by Gasteiger charge is -1.75. The van der Waals surface area contributed by atoms with Gasteiger partial charge in [-0.3, -0.25) is 9.89 Å². The molecule has 5 nitrogen and oxygen atoms in total. The molecule has 0 radical (unpaired) electrons. The summed E-state index contributed by atoms with van der Waals surface area (Å²) in [5.41, 5.74) is 0. The van der Waals surface area contributed by atoms with Crippen molar-refractivity contribution in [2.75, 3.05) is 0 Å². The number of hydrogen-bond donors (Lipinski definition) is 1. The first-order valence-electron chi connectivity index (χ1n) is 2.26. The van der Waals surface area contributed by atoms with Crippen molar-refractivity contribution in [1.29, 1.82) is 5.26 Å². The number of carbonyl (C=O) groups is 1. The zero-order chi connectivity index (χ0) is 7.56. The van der Waals surface area contributed by atoms with E-state index in [-0.39, 0.29) is 11.6 Å². The van der Waals surface area contributed by atoms with Crippen LogP contribution in [0.25, 0.3) is 0 Å². The molecule has 0 spiro atoms. The predicted octanol–water partition coefficient (Wildman–Crippen LogP) is 0.0554. The second-order valence-corrected chi connectivity index (χ2v) is 1.74. The van der Waals surface area contributed by atoms with Crippen LogP contribution >= 0.6 is 11.6 Å². The van der Waals surface area contributed by atoms with Gasteiger partial charge < -0.3 is 0 Å². The summed E-state index contributed by atoms with van der Waals surface area (Å²) in [5.74, 6) is -0.206. The Bertz CT molecular complexity index is 298. The van der Waals surface area contributed by atoms with Gasteiger partial charge in [-0.25, -0.2) is 0 Å². The van der Waals surface area contributed by atoms with Crippen LogP contribution in [0.5, 0.6) is 0 Å². The minimum atomic E-state index is -0.756. The van der Waals surface area contributed by atoms with Gasteiger partial charge in [-0.1, -0.05) is 0 Å². The summed E-state index contributed by atoms with van der Waals surface area (Å²) in [6, 6.07) is 1.64. The van der Waals surface area contributed by atoms with Gasteiger partial charge in [0.1, 0.15) is 6.07 Å². The van der Waals surface area contributed by atoms with Crippen molar-refractivity contribution in [2.24, 2.45) is 0 Å². The van der Waals surface area contributed by atoms with Crippen molar-refractivity contribution in [1.82, 2.24) is 15.2 Å². The van der Waals surface area contributed by atoms with E-state index in [0.29, 0.717) is 0 Å². The molecule has 0 saturated heterocycles. The van der Waals surface area contributed by atoms with E-state index in [1.165, 1.54) is 0 Å². The van der Waals surface area contributed by atoms with Crippen LogP contribution in [-0.4, -0.2) is 20.4 Å². The van der Waals surface area contributed by atoms with E-state index in [1.54, 1.807) is 6.07 Å². The average molecular weight is 157 g/mol. The number of nitrogens with one attached hydrogen (secondary N) is 1. The first kappa shape index (κ1) is 6.71. The Morgan fingerprint density at radius 3 is 2.80 bits per heavy atom. The molecule has 6 heteroatoms. The lowest BCUT2D eigenvalue weighted by Crippen LogP contribution is -1.90. The minimum Gasteiger partial charge on any atom is -0.272 e. The van der Waals surface area contributed by atoms with Gasteiger partial charge in [0.25, 0.3) is 11.1 Å². The Labute approximate surface area is 60.6 Å². The maximum absolute atomic E-state index is 10.3. The fourth-order valence-corrected chi connectivity index (χ4v) is 0.484. The monoisotopic (exact) mass is 156 g/mol. The van der Waals surface area contributed by atoms with Crippen molar-refractivity contribution in [3.8, 4) is 6.07 Å². The molecule has 0 amide bonds. The molecule has 1 aromatic rings. The van der Waals surface area contributed by atoms with Gasteiger partial charge >= 0.3 is 0 Å². The van der Waals surface area contributed by atoms with Crippen LogP contribution in [0.1, 0.15) is 16.4 Å². The molecule has 0 aliphatic carbocycles. The quantitative estimate of drug-likeness (QED) is 0.583. The van der Waals surface area contributed by atoms with Crippen LogP contribution in [0, 0.1) is 11.3 Å². The number of rotatable bonds is 1. The van der Waals surface area contributed by atoms with Crippen LogP contribution in [0.15, 0.2) is 0 Å². The SMILES string of the molecule is N#Cc1n[nH]c(C(=O)Cl)n1. The molecular weight excluding hydrogens is 156 g/mol. The minimum absolute atomic E-state index is 0.0935. The first-order valence-corrected chi connectivity index (χ1v) is 2.64. The fraction of sp³-hybridized carbons (Fsp3) is 0. The summed E-state index contributed by atoms with van der Waals surface area (Å²) in [6.07, 6.45) is 0. The summed E-state index contributed by atoms with van der Waals surface area (Å²) in [7, 11) is 0. The smallest absolute Gasteiger partial charge is 0.272 e. The van der Waals surface area contributed by atoms with Gasteiger partial charge in [0.05, 0.1) is 0 Å². The topological polar surface area (TPSA) is 82.4 Å². The largest absolute Gasteiger partial charge is 0.289 e. The highest BCUT2D eigenvalue weighted by atomic mass is 35.5. The van der Waals surface area contributed by atoms with E-state index in [1.807, 2.05) is 0 Å². The van der Waals surface area contributed by atoms with E-state index < -0.39 is 5.24 Å². The van der Waals surface area contributed by atoms with Gasteiger partial charge in [0, 0.05) is 0 Å². The highest BCUT2D eigenvalue weighted by Gasteiger charge is 2.06. The number of nitriles is 1. The number of halogens is 1. The average Bonchev–Trinajstić information content (AvgIpc) is 2.34. The van der Waals surface area contributed by atoms with Gasteiger partial charge in [-0.05, 0) is 11.6 Å². The number of carbonyl (C=O) groups excluding carboxylic acids is 1. The number of hydrogen-bond acceptors (Lipinski definition) is 4. The summed E-state index contributed by atoms with van der Waals surface area (Å²) >= 11 is 4.99. The molecule has 0 aromatic carbocycles. The zero-order valence-electron chi connectivity index (χ0n) is 4.63. The Hall–Kier alpha value is -1.41. The molecule has 10 heavy (non-hydrogen) atoms. The molecule has 1 heterocycles. The van der Waals surface area contributed by atoms with Gasteiger partial charge in [0.15, 0.2) is 0 Å². The third-order valence-electron chi connectivity index (χ3n) is 0.772. The molecule has 0 atom stereocenters. The molecular formula is C4HClN4O. The second-order valence-electron chi connectivity index (χ2n) is 1.39. The van der Waals surface area contributed by atoms with Crippen molar-refractivity contribution >= 4 is 16.8 Å². The molecule has 0 unspecified atom stereocenters. The Kier molecular flexibility index (Phi) is 1.65. The third kappa shape index (κ3) is 1.11. The van der Waals surface area contributed by atoms with E-state index in [4.69, 9.17) is 16.9 Å². The highest BCUT2D eigenvalue weighted by molar-refractivity contribution is 6.67. The number of aromatic amines is 1. The van der Waals surface area contributed by atoms with Gasteiger partial charge in [-0.15, -0.1) is 5.10 Å². The van der Waals surface area contributed by atoms with Crippen molar-refractivity contribution in [3.63, 3.8) is 0 Å². The number of nitrogens with zero attached hydrogens (tertiary/aromatic N) is 3. The molecule has 0 fully saturated rings. The van der Waals surface area contributed by atoms with Gasteiger partial charge in [0.2, 0.25) is 5.82 Å². The maximum atomic E-state index is 10.3. The summed E-state index contributed by atoms with van der Waals surface area (Å²) < 4.78 is 0.